The van der Waals surface area contributed by atoms with Crippen molar-refractivity contribution < 1.29 is 4.79 Å². The molecular weight excluding hydrogens is 330 g/mol. The molecule has 2 aromatic carbocycles. The number of para-hydroxylation sites is 2. The molecule has 1 aromatic heterocycles. The van der Waals surface area contributed by atoms with Crippen LogP contribution in [-0.4, -0.2) is 27.9 Å². The third-order valence-electron chi connectivity index (χ3n) is 4.29. The van der Waals surface area contributed by atoms with Crippen molar-refractivity contribution >= 4 is 28.7 Å². The zero-order valence-electron chi connectivity index (χ0n) is 14.8. The van der Waals surface area contributed by atoms with Crippen LogP contribution in [0.5, 0.6) is 0 Å². The first-order valence-electron chi connectivity index (χ1n) is 8.40. The fourth-order valence-corrected chi connectivity index (χ4v) is 3.34. The van der Waals surface area contributed by atoms with Crippen LogP contribution < -0.4 is 5.32 Å². The number of nitrogens with zero attached hydrogens (tertiary/aromatic N) is 1. The zero-order chi connectivity index (χ0) is 17.8. The predicted octanol–water partition coefficient (Wildman–Crippen LogP) is 4.40. The standard InChI is InChI=1S/C20H23N3OS/c1-13-8-9-14(2)15(12-13)20(24)23-18(10-11-25-3)19-21-16-6-4-5-7-17(16)22-19/h4-9,12,18H,10-11H2,1-3H3,(H,21,22)(H,23,24). The van der Waals surface area contributed by atoms with E-state index in [0.717, 1.165) is 45.7 Å². The summed E-state index contributed by atoms with van der Waals surface area (Å²) >= 11 is 1.77. The molecule has 0 aliphatic heterocycles. The normalized spacial score (nSPS) is 12.3. The highest BCUT2D eigenvalue weighted by Crippen LogP contribution is 2.21. The number of carbonyl (C=O) groups is 1. The highest BCUT2D eigenvalue weighted by atomic mass is 32.2. The number of aromatic nitrogens is 2. The Hall–Kier alpha value is -2.27. The van der Waals surface area contributed by atoms with Crippen LogP contribution in [0, 0.1) is 13.8 Å². The summed E-state index contributed by atoms with van der Waals surface area (Å²) in [4.78, 5) is 20.8. The lowest BCUT2D eigenvalue weighted by Gasteiger charge is -2.17. The number of imidazole rings is 1. The summed E-state index contributed by atoms with van der Waals surface area (Å²) in [5.41, 5.74) is 4.71. The van der Waals surface area contributed by atoms with Crippen LogP contribution in [0.3, 0.4) is 0 Å². The second-order valence-electron chi connectivity index (χ2n) is 6.27. The summed E-state index contributed by atoms with van der Waals surface area (Å²) in [5, 5.41) is 3.17. The van der Waals surface area contributed by atoms with Crippen molar-refractivity contribution in [2.24, 2.45) is 0 Å². The number of amides is 1. The Morgan fingerprint density at radius 3 is 2.80 bits per heavy atom. The first kappa shape index (κ1) is 17.5. The second kappa shape index (κ2) is 7.74. The third kappa shape index (κ3) is 4.04. The van der Waals surface area contributed by atoms with Gasteiger partial charge in [-0.15, -0.1) is 0 Å². The molecule has 25 heavy (non-hydrogen) atoms. The fraction of sp³-hybridized carbons (Fsp3) is 0.300. The number of aryl methyl sites for hydroxylation is 2. The van der Waals surface area contributed by atoms with E-state index in [2.05, 4.69) is 21.5 Å². The number of rotatable bonds is 6. The number of nitrogens with one attached hydrogen (secondary N) is 2. The van der Waals surface area contributed by atoms with Gasteiger partial charge in [0.15, 0.2) is 0 Å². The van der Waals surface area contributed by atoms with E-state index in [1.54, 1.807) is 11.8 Å². The van der Waals surface area contributed by atoms with Gasteiger partial charge in [0.2, 0.25) is 0 Å². The molecule has 3 rings (SSSR count). The van der Waals surface area contributed by atoms with Crippen molar-refractivity contribution in [3.8, 4) is 0 Å². The SMILES string of the molecule is CSCCC(NC(=O)c1cc(C)ccc1C)c1nc2ccccc2[nH]1. The average molecular weight is 353 g/mol. The predicted molar refractivity (Wildman–Crippen MR) is 105 cm³/mol. The second-order valence-corrected chi connectivity index (χ2v) is 7.25. The average Bonchev–Trinajstić information content (AvgIpc) is 3.04. The molecule has 2 N–H and O–H groups in total. The van der Waals surface area contributed by atoms with Gasteiger partial charge in [-0.05, 0) is 56.0 Å². The van der Waals surface area contributed by atoms with E-state index in [1.165, 1.54) is 0 Å². The van der Waals surface area contributed by atoms with Crippen molar-refractivity contribution in [2.45, 2.75) is 26.3 Å². The summed E-state index contributed by atoms with van der Waals surface area (Å²) in [6.45, 7) is 3.97. The van der Waals surface area contributed by atoms with Gasteiger partial charge in [-0.1, -0.05) is 29.8 Å². The van der Waals surface area contributed by atoms with E-state index >= 15 is 0 Å². The van der Waals surface area contributed by atoms with E-state index in [0.29, 0.717) is 0 Å². The molecule has 3 aromatic rings. The topological polar surface area (TPSA) is 57.8 Å². The van der Waals surface area contributed by atoms with E-state index < -0.39 is 0 Å². The van der Waals surface area contributed by atoms with Crippen molar-refractivity contribution in [3.05, 3.63) is 65.0 Å². The number of hydrogen-bond acceptors (Lipinski definition) is 3. The molecule has 0 bridgehead atoms. The van der Waals surface area contributed by atoms with E-state index in [1.807, 2.05) is 56.3 Å². The van der Waals surface area contributed by atoms with Gasteiger partial charge in [0.25, 0.3) is 5.91 Å². The Kier molecular flexibility index (Phi) is 5.43. The molecular formula is C20H23N3OS. The largest absolute Gasteiger partial charge is 0.342 e. The number of hydrogen-bond donors (Lipinski definition) is 2. The Bertz CT molecular complexity index is 855. The Morgan fingerprint density at radius 1 is 1.24 bits per heavy atom. The van der Waals surface area contributed by atoms with E-state index in [-0.39, 0.29) is 11.9 Å². The van der Waals surface area contributed by atoms with Crippen LogP contribution in [0.15, 0.2) is 42.5 Å². The molecule has 130 valence electrons. The Morgan fingerprint density at radius 2 is 2.04 bits per heavy atom. The van der Waals surface area contributed by atoms with Crippen LogP contribution in [0.25, 0.3) is 11.0 Å². The van der Waals surface area contributed by atoms with E-state index in [4.69, 9.17) is 0 Å². The maximum absolute atomic E-state index is 12.8. The van der Waals surface area contributed by atoms with Crippen LogP contribution in [-0.2, 0) is 0 Å². The number of benzene rings is 2. The molecule has 4 nitrogen and oxygen atoms in total. The number of thioether (sulfide) groups is 1. The Balaban J connectivity index is 1.87. The molecule has 0 saturated heterocycles. The molecule has 0 radical (unpaired) electrons. The quantitative estimate of drug-likeness (QED) is 0.690. The molecule has 0 aliphatic rings. The third-order valence-corrected chi connectivity index (χ3v) is 4.94. The van der Waals surface area contributed by atoms with Crippen LogP contribution in [0.2, 0.25) is 0 Å². The van der Waals surface area contributed by atoms with Gasteiger partial charge in [-0.25, -0.2) is 4.98 Å². The summed E-state index contributed by atoms with van der Waals surface area (Å²) in [7, 11) is 0. The lowest BCUT2D eigenvalue weighted by molar-refractivity contribution is 0.0933. The lowest BCUT2D eigenvalue weighted by atomic mass is 10.0. The maximum atomic E-state index is 12.8. The fourth-order valence-electron chi connectivity index (χ4n) is 2.87. The zero-order valence-corrected chi connectivity index (χ0v) is 15.6. The lowest BCUT2D eigenvalue weighted by Crippen LogP contribution is -2.30. The van der Waals surface area contributed by atoms with Gasteiger partial charge in [-0.2, -0.15) is 11.8 Å². The molecule has 5 heteroatoms. The van der Waals surface area contributed by atoms with Crippen molar-refractivity contribution in [2.75, 3.05) is 12.0 Å². The molecule has 1 atom stereocenters. The molecule has 0 fully saturated rings. The summed E-state index contributed by atoms with van der Waals surface area (Å²) < 4.78 is 0. The smallest absolute Gasteiger partial charge is 0.252 e. The van der Waals surface area contributed by atoms with Crippen molar-refractivity contribution in [1.29, 1.82) is 0 Å². The molecule has 0 aliphatic carbocycles. The minimum absolute atomic E-state index is 0.0484. The van der Waals surface area contributed by atoms with E-state index in [9.17, 15) is 4.79 Å². The van der Waals surface area contributed by atoms with Crippen LogP contribution in [0.1, 0.15) is 39.8 Å². The van der Waals surface area contributed by atoms with Gasteiger partial charge in [-0.3, -0.25) is 4.79 Å². The Labute approximate surface area is 152 Å². The van der Waals surface area contributed by atoms with Crippen molar-refractivity contribution in [1.82, 2.24) is 15.3 Å². The van der Waals surface area contributed by atoms with Crippen LogP contribution in [0.4, 0.5) is 0 Å². The molecule has 1 unspecified atom stereocenters. The minimum Gasteiger partial charge on any atom is -0.342 e. The van der Waals surface area contributed by atoms with Gasteiger partial charge < -0.3 is 10.3 Å². The summed E-state index contributed by atoms with van der Waals surface area (Å²) in [6, 6.07) is 13.8. The molecule has 1 heterocycles. The molecule has 0 spiro atoms. The highest BCUT2D eigenvalue weighted by Gasteiger charge is 2.20. The maximum Gasteiger partial charge on any atom is 0.252 e. The number of H-pyrrole nitrogens is 1. The van der Waals surface area contributed by atoms with Gasteiger partial charge >= 0.3 is 0 Å². The van der Waals surface area contributed by atoms with Gasteiger partial charge in [0, 0.05) is 5.56 Å². The van der Waals surface area contributed by atoms with Gasteiger partial charge in [0.1, 0.15) is 5.82 Å². The first-order valence-corrected chi connectivity index (χ1v) is 9.79. The monoisotopic (exact) mass is 353 g/mol. The van der Waals surface area contributed by atoms with Crippen molar-refractivity contribution in [3.63, 3.8) is 0 Å². The molecule has 1 amide bonds. The summed E-state index contributed by atoms with van der Waals surface area (Å²) in [6.07, 6.45) is 2.90. The number of carbonyl (C=O) groups excluding carboxylic acids is 1. The van der Waals surface area contributed by atoms with Crippen LogP contribution >= 0.6 is 11.8 Å². The highest BCUT2D eigenvalue weighted by molar-refractivity contribution is 7.98. The number of aromatic amines is 1. The van der Waals surface area contributed by atoms with Gasteiger partial charge in [0.05, 0.1) is 17.1 Å². The summed E-state index contributed by atoms with van der Waals surface area (Å²) in [5.74, 6) is 1.72. The minimum atomic E-state index is -0.132. The number of fused-ring (bicyclic) bond motifs is 1. The first-order chi connectivity index (χ1) is 12.1. The molecule has 0 saturated carbocycles.